The number of carboxylic acid groups (broad SMARTS) is 1. The van der Waals surface area contributed by atoms with Gasteiger partial charge in [0.15, 0.2) is 0 Å². The monoisotopic (exact) mass is 272 g/mol. The number of aromatic nitrogens is 1. The Hall–Kier alpha value is -1.81. The second-order valence-corrected chi connectivity index (χ2v) is 5.57. The number of para-hydroxylation sites is 1. The van der Waals surface area contributed by atoms with Crippen LogP contribution in [0.25, 0.3) is 10.9 Å². The maximum absolute atomic E-state index is 11.4. The number of nitrogens with one attached hydrogen (secondary N) is 1. The van der Waals surface area contributed by atoms with Crippen LogP contribution >= 0.6 is 0 Å². The number of likely N-dealkylation sites (N-methyl/N-ethyl adjacent to an activating group) is 1. The van der Waals surface area contributed by atoms with Gasteiger partial charge < -0.3 is 15.0 Å². The molecule has 1 aromatic carbocycles. The van der Waals surface area contributed by atoms with Crippen molar-refractivity contribution in [1.29, 1.82) is 0 Å². The van der Waals surface area contributed by atoms with E-state index >= 15 is 0 Å². The minimum Gasteiger partial charge on any atom is -0.481 e. The lowest BCUT2D eigenvalue weighted by atomic mass is 9.94. The summed E-state index contributed by atoms with van der Waals surface area (Å²) in [6, 6.07) is 8.61. The van der Waals surface area contributed by atoms with Crippen LogP contribution in [0.4, 0.5) is 0 Å². The Morgan fingerprint density at radius 1 is 1.45 bits per heavy atom. The largest absolute Gasteiger partial charge is 0.481 e. The summed E-state index contributed by atoms with van der Waals surface area (Å²) in [5.41, 5.74) is 3.36. The number of nitrogens with zero attached hydrogens (tertiary/aromatic N) is 1. The summed E-state index contributed by atoms with van der Waals surface area (Å²) in [7, 11) is 1.99. The SMILES string of the molecule is CN[C@H]1CCc2c(C(C)C(=O)O)c3ccccc3n2C1. The van der Waals surface area contributed by atoms with Crippen LogP contribution < -0.4 is 5.32 Å². The number of fused-ring (bicyclic) bond motifs is 3. The van der Waals surface area contributed by atoms with Gasteiger partial charge in [0.2, 0.25) is 0 Å². The molecule has 0 spiro atoms. The second kappa shape index (κ2) is 4.94. The zero-order valence-corrected chi connectivity index (χ0v) is 11.9. The van der Waals surface area contributed by atoms with Gasteiger partial charge in [0, 0.05) is 29.2 Å². The van der Waals surface area contributed by atoms with E-state index in [0.29, 0.717) is 6.04 Å². The highest BCUT2D eigenvalue weighted by molar-refractivity contribution is 5.91. The first kappa shape index (κ1) is 13.2. The molecular formula is C16H20N2O2. The number of carboxylic acids is 1. The first-order valence-electron chi connectivity index (χ1n) is 7.13. The molecule has 1 aromatic heterocycles. The minimum absolute atomic E-state index is 0.456. The third-order valence-corrected chi connectivity index (χ3v) is 4.47. The predicted molar refractivity (Wildman–Crippen MR) is 79.2 cm³/mol. The van der Waals surface area contributed by atoms with E-state index in [-0.39, 0.29) is 0 Å². The molecule has 4 nitrogen and oxygen atoms in total. The van der Waals surface area contributed by atoms with Gasteiger partial charge in [0.25, 0.3) is 0 Å². The van der Waals surface area contributed by atoms with Crippen LogP contribution in [0.15, 0.2) is 24.3 Å². The first-order chi connectivity index (χ1) is 9.63. The van der Waals surface area contributed by atoms with E-state index in [9.17, 15) is 9.90 Å². The van der Waals surface area contributed by atoms with Crippen molar-refractivity contribution in [2.75, 3.05) is 7.05 Å². The average Bonchev–Trinajstić information content (AvgIpc) is 2.80. The standard InChI is InChI=1S/C16H20N2O2/c1-10(16(19)20)15-12-5-3-4-6-13(12)18-9-11(17-2)7-8-14(15)18/h3-6,10-11,17H,7-9H2,1-2H3,(H,19,20)/t10?,11-/m0/s1. The Bertz CT molecular complexity index is 660. The van der Waals surface area contributed by atoms with Crippen molar-refractivity contribution in [1.82, 2.24) is 9.88 Å². The third-order valence-electron chi connectivity index (χ3n) is 4.47. The molecule has 3 rings (SSSR count). The van der Waals surface area contributed by atoms with E-state index in [1.165, 1.54) is 5.69 Å². The number of hydrogen-bond acceptors (Lipinski definition) is 2. The van der Waals surface area contributed by atoms with Gasteiger partial charge in [-0.15, -0.1) is 0 Å². The summed E-state index contributed by atoms with van der Waals surface area (Å²) >= 11 is 0. The van der Waals surface area contributed by atoms with Crippen molar-refractivity contribution in [2.24, 2.45) is 0 Å². The van der Waals surface area contributed by atoms with Crippen LogP contribution in [0.5, 0.6) is 0 Å². The maximum Gasteiger partial charge on any atom is 0.310 e. The van der Waals surface area contributed by atoms with E-state index in [1.54, 1.807) is 6.92 Å². The van der Waals surface area contributed by atoms with Crippen molar-refractivity contribution in [3.05, 3.63) is 35.5 Å². The Labute approximate surface area is 118 Å². The van der Waals surface area contributed by atoms with E-state index < -0.39 is 11.9 Å². The topological polar surface area (TPSA) is 54.3 Å². The molecule has 0 aliphatic carbocycles. The number of aliphatic carboxylic acids is 1. The molecule has 106 valence electrons. The van der Waals surface area contributed by atoms with E-state index in [4.69, 9.17) is 0 Å². The van der Waals surface area contributed by atoms with Crippen molar-refractivity contribution in [2.45, 2.75) is 38.3 Å². The van der Waals surface area contributed by atoms with Crippen LogP contribution in [0, 0.1) is 0 Å². The molecule has 20 heavy (non-hydrogen) atoms. The lowest BCUT2D eigenvalue weighted by Gasteiger charge is -2.26. The van der Waals surface area contributed by atoms with Crippen molar-refractivity contribution >= 4 is 16.9 Å². The summed E-state index contributed by atoms with van der Waals surface area (Å²) < 4.78 is 2.30. The van der Waals surface area contributed by atoms with Gasteiger partial charge in [0.1, 0.15) is 0 Å². The number of hydrogen-bond donors (Lipinski definition) is 2. The van der Waals surface area contributed by atoms with Gasteiger partial charge in [-0.05, 0) is 38.4 Å². The fraction of sp³-hybridized carbons (Fsp3) is 0.438. The molecule has 1 aliphatic rings. The van der Waals surface area contributed by atoms with E-state index in [2.05, 4.69) is 16.0 Å². The Morgan fingerprint density at radius 2 is 2.20 bits per heavy atom. The highest BCUT2D eigenvalue weighted by Gasteiger charge is 2.28. The van der Waals surface area contributed by atoms with Crippen molar-refractivity contribution in [3.63, 3.8) is 0 Å². The van der Waals surface area contributed by atoms with Gasteiger partial charge in [-0.3, -0.25) is 4.79 Å². The summed E-state index contributed by atoms with van der Waals surface area (Å²) in [5.74, 6) is -1.21. The molecule has 0 fully saturated rings. The number of benzene rings is 1. The molecule has 0 saturated heterocycles. The molecule has 1 aliphatic heterocycles. The Kier molecular flexibility index (Phi) is 3.26. The van der Waals surface area contributed by atoms with E-state index in [1.807, 2.05) is 25.2 Å². The summed E-state index contributed by atoms with van der Waals surface area (Å²) in [4.78, 5) is 11.4. The van der Waals surface area contributed by atoms with Crippen LogP contribution in [-0.4, -0.2) is 28.7 Å². The third kappa shape index (κ3) is 1.91. The first-order valence-corrected chi connectivity index (χ1v) is 7.13. The molecule has 2 atom stereocenters. The molecule has 2 heterocycles. The number of carbonyl (C=O) groups is 1. The summed E-state index contributed by atoms with van der Waals surface area (Å²) in [6.45, 7) is 2.70. The molecule has 4 heteroatoms. The highest BCUT2D eigenvalue weighted by Crippen LogP contribution is 2.35. The zero-order valence-electron chi connectivity index (χ0n) is 11.9. The van der Waals surface area contributed by atoms with Gasteiger partial charge >= 0.3 is 5.97 Å². The highest BCUT2D eigenvalue weighted by atomic mass is 16.4. The molecule has 0 saturated carbocycles. The van der Waals surface area contributed by atoms with Gasteiger partial charge in [-0.25, -0.2) is 0 Å². The van der Waals surface area contributed by atoms with Crippen LogP contribution in [0.2, 0.25) is 0 Å². The van der Waals surface area contributed by atoms with Gasteiger partial charge in [-0.2, -0.15) is 0 Å². The molecule has 0 radical (unpaired) electrons. The predicted octanol–water partition coefficient (Wildman–Crippen LogP) is 2.36. The van der Waals surface area contributed by atoms with E-state index in [0.717, 1.165) is 35.9 Å². The normalized spacial score (nSPS) is 19.8. The molecule has 0 amide bonds. The van der Waals surface area contributed by atoms with Crippen molar-refractivity contribution < 1.29 is 9.90 Å². The maximum atomic E-state index is 11.4. The molecule has 2 N–H and O–H groups in total. The van der Waals surface area contributed by atoms with Crippen LogP contribution in [0.1, 0.15) is 30.5 Å². The summed E-state index contributed by atoms with van der Waals surface area (Å²) in [5, 5.41) is 13.8. The second-order valence-electron chi connectivity index (χ2n) is 5.57. The molecular weight excluding hydrogens is 252 g/mol. The zero-order chi connectivity index (χ0) is 14.3. The lowest BCUT2D eigenvalue weighted by Crippen LogP contribution is -2.35. The molecule has 1 unspecified atom stereocenters. The molecule has 2 aromatic rings. The quantitative estimate of drug-likeness (QED) is 0.902. The lowest BCUT2D eigenvalue weighted by molar-refractivity contribution is -0.138. The summed E-state index contributed by atoms with van der Waals surface area (Å²) in [6.07, 6.45) is 2.00. The van der Waals surface area contributed by atoms with Gasteiger partial charge in [0.05, 0.1) is 5.92 Å². The van der Waals surface area contributed by atoms with Gasteiger partial charge in [-0.1, -0.05) is 18.2 Å². The fourth-order valence-corrected chi connectivity index (χ4v) is 3.33. The molecule has 0 bridgehead atoms. The average molecular weight is 272 g/mol. The fourth-order valence-electron chi connectivity index (χ4n) is 3.33. The smallest absolute Gasteiger partial charge is 0.310 e. The Morgan fingerprint density at radius 3 is 2.90 bits per heavy atom. The number of rotatable bonds is 3. The van der Waals surface area contributed by atoms with Crippen LogP contribution in [0.3, 0.4) is 0 Å². The van der Waals surface area contributed by atoms with Crippen molar-refractivity contribution in [3.8, 4) is 0 Å². The Balaban J connectivity index is 2.23. The minimum atomic E-state index is -0.750. The van der Waals surface area contributed by atoms with Crippen LogP contribution in [-0.2, 0) is 17.8 Å².